The van der Waals surface area contributed by atoms with E-state index in [0.29, 0.717) is 10.0 Å². The van der Waals surface area contributed by atoms with Crippen molar-refractivity contribution in [3.8, 4) is 6.07 Å². The molecule has 3 nitrogen and oxygen atoms in total. The first-order chi connectivity index (χ1) is 6.61. The molecule has 1 rings (SSSR count). The second-order valence-corrected chi connectivity index (χ2v) is 3.62. The number of aromatic carboxylic acids is 1. The van der Waals surface area contributed by atoms with Gasteiger partial charge in [0.15, 0.2) is 0 Å². The van der Waals surface area contributed by atoms with E-state index in [1.54, 1.807) is 6.07 Å². The van der Waals surface area contributed by atoms with Gasteiger partial charge in [0.05, 0.1) is 11.1 Å². The number of rotatable bonds is 2. The van der Waals surface area contributed by atoms with Gasteiger partial charge in [-0.1, -0.05) is 15.9 Å². The molecule has 0 amide bonds. The van der Waals surface area contributed by atoms with E-state index in [0.717, 1.165) is 0 Å². The highest BCUT2D eigenvalue weighted by molar-refractivity contribution is 9.10. The van der Waals surface area contributed by atoms with Gasteiger partial charge in [-0.2, -0.15) is 5.26 Å². The Bertz CT molecular complexity index is 426. The molecule has 0 saturated heterocycles. The maximum Gasteiger partial charge on any atom is 0.337 e. The van der Waals surface area contributed by atoms with Crippen LogP contribution in [-0.2, 0) is 5.88 Å². The van der Waals surface area contributed by atoms with E-state index in [4.69, 9.17) is 22.0 Å². The molecule has 0 atom stereocenters. The molecule has 72 valence electrons. The number of carboxylic acids is 1. The fraction of sp³-hybridized carbons (Fsp3) is 0.111. The number of hydrogen-bond donors (Lipinski definition) is 1. The molecule has 0 aliphatic carbocycles. The van der Waals surface area contributed by atoms with Crippen LogP contribution in [0.1, 0.15) is 21.5 Å². The van der Waals surface area contributed by atoms with Crippen molar-refractivity contribution in [2.75, 3.05) is 0 Å². The Morgan fingerprint density at radius 1 is 1.64 bits per heavy atom. The van der Waals surface area contributed by atoms with Crippen LogP contribution in [0.5, 0.6) is 0 Å². The zero-order valence-corrected chi connectivity index (χ0v) is 9.26. The largest absolute Gasteiger partial charge is 0.478 e. The molecular formula is C9H5BrClNO2. The zero-order valence-electron chi connectivity index (χ0n) is 6.92. The Kier molecular flexibility index (Phi) is 3.50. The van der Waals surface area contributed by atoms with Crippen molar-refractivity contribution in [1.29, 1.82) is 5.26 Å². The predicted octanol–water partition coefficient (Wildman–Crippen LogP) is 2.76. The van der Waals surface area contributed by atoms with Crippen molar-refractivity contribution >= 4 is 33.5 Å². The maximum atomic E-state index is 10.8. The Hall–Kier alpha value is -1.05. The summed E-state index contributed by atoms with van der Waals surface area (Å²) < 4.78 is 0.647. The van der Waals surface area contributed by atoms with Crippen LogP contribution in [0.15, 0.2) is 16.6 Å². The van der Waals surface area contributed by atoms with Crippen molar-refractivity contribution in [3.63, 3.8) is 0 Å². The minimum Gasteiger partial charge on any atom is -0.478 e. The molecule has 5 heteroatoms. The predicted molar refractivity (Wildman–Crippen MR) is 55.4 cm³/mol. The van der Waals surface area contributed by atoms with Gasteiger partial charge in [-0.3, -0.25) is 0 Å². The molecular weight excluding hydrogens is 269 g/mol. The summed E-state index contributed by atoms with van der Waals surface area (Å²) >= 11 is 8.82. The second kappa shape index (κ2) is 4.45. The van der Waals surface area contributed by atoms with Crippen LogP contribution < -0.4 is 0 Å². The highest BCUT2D eigenvalue weighted by atomic mass is 79.9. The minimum atomic E-state index is -1.12. The van der Waals surface area contributed by atoms with E-state index in [1.165, 1.54) is 6.07 Å². The Balaban J connectivity index is 3.50. The molecule has 0 aliphatic rings. The maximum absolute atomic E-state index is 10.8. The highest BCUT2D eigenvalue weighted by Crippen LogP contribution is 2.25. The van der Waals surface area contributed by atoms with Gasteiger partial charge >= 0.3 is 5.97 Å². The summed E-state index contributed by atoms with van der Waals surface area (Å²) in [6, 6.07) is 4.79. The number of halogens is 2. The van der Waals surface area contributed by atoms with Crippen molar-refractivity contribution in [2.24, 2.45) is 0 Å². The molecule has 0 heterocycles. The fourth-order valence-electron chi connectivity index (χ4n) is 1.06. The minimum absolute atomic E-state index is 0.0219. The SMILES string of the molecule is N#Cc1c(C(=O)O)ccc(Br)c1CCl. The van der Waals surface area contributed by atoms with Crippen LogP contribution in [0.2, 0.25) is 0 Å². The smallest absolute Gasteiger partial charge is 0.337 e. The first-order valence-corrected chi connectivity index (χ1v) is 4.95. The standard InChI is InChI=1S/C9H5BrClNO2/c10-8-2-1-5(9(13)14)7(4-12)6(8)3-11/h1-2H,3H2,(H,13,14). The first-order valence-electron chi connectivity index (χ1n) is 3.62. The van der Waals surface area contributed by atoms with Gasteiger partial charge < -0.3 is 5.11 Å². The van der Waals surface area contributed by atoms with Gasteiger partial charge in [-0.15, -0.1) is 11.6 Å². The summed E-state index contributed by atoms with van der Waals surface area (Å²) in [5.74, 6) is -1.02. The normalized spacial score (nSPS) is 9.50. The molecule has 14 heavy (non-hydrogen) atoms. The van der Waals surface area contributed by atoms with Gasteiger partial charge in [-0.05, 0) is 17.7 Å². The molecule has 0 radical (unpaired) electrons. The van der Waals surface area contributed by atoms with E-state index in [2.05, 4.69) is 15.9 Å². The third-order valence-electron chi connectivity index (χ3n) is 1.73. The number of benzene rings is 1. The summed E-state index contributed by atoms with van der Waals surface area (Å²) in [7, 11) is 0. The number of carboxylic acid groups (broad SMARTS) is 1. The van der Waals surface area contributed by atoms with E-state index < -0.39 is 5.97 Å². The topological polar surface area (TPSA) is 61.1 Å². The molecule has 0 saturated carbocycles. The van der Waals surface area contributed by atoms with Crippen LogP contribution in [0.3, 0.4) is 0 Å². The summed E-state index contributed by atoms with van der Waals surface area (Å²) in [4.78, 5) is 10.8. The fourth-order valence-corrected chi connectivity index (χ4v) is 1.97. The summed E-state index contributed by atoms with van der Waals surface area (Å²) in [6.45, 7) is 0. The van der Waals surface area contributed by atoms with E-state index in [1.807, 2.05) is 6.07 Å². The van der Waals surface area contributed by atoms with Crippen molar-refractivity contribution in [2.45, 2.75) is 5.88 Å². The average Bonchev–Trinajstić information content (AvgIpc) is 2.16. The number of hydrogen-bond acceptors (Lipinski definition) is 2. The number of nitrogens with zero attached hydrogens (tertiary/aromatic N) is 1. The molecule has 1 N–H and O–H groups in total. The van der Waals surface area contributed by atoms with Gasteiger partial charge in [0.25, 0.3) is 0 Å². The van der Waals surface area contributed by atoms with Gasteiger partial charge in [0.1, 0.15) is 6.07 Å². The lowest BCUT2D eigenvalue weighted by molar-refractivity contribution is 0.0696. The average molecular weight is 275 g/mol. The van der Waals surface area contributed by atoms with Crippen LogP contribution in [0, 0.1) is 11.3 Å². The van der Waals surface area contributed by atoms with E-state index in [9.17, 15) is 4.79 Å². The lowest BCUT2D eigenvalue weighted by Gasteiger charge is -2.05. The number of nitriles is 1. The van der Waals surface area contributed by atoms with E-state index in [-0.39, 0.29) is 17.0 Å². The van der Waals surface area contributed by atoms with E-state index >= 15 is 0 Å². The Morgan fingerprint density at radius 2 is 2.29 bits per heavy atom. The summed E-state index contributed by atoms with van der Waals surface area (Å²) in [5.41, 5.74) is 0.599. The van der Waals surface area contributed by atoms with Gasteiger partial charge in [-0.25, -0.2) is 4.79 Å². The number of alkyl halides is 1. The Morgan fingerprint density at radius 3 is 2.71 bits per heavy atom. The zero-order chi connectivity index (χ0) is 10.7. The lowest BCUT2D eigenvalue weighted by Crippen LogP contribution is -2.03. The molecule has 0 spiro atoms. The van der Waals surface area contributed by atoms with Gasteiger partial charge in [0, 0.05) is 10.4 Å². The lowest BCUT2D eigenvalue weighted by atomic mass is 10.0. The molecule has 1 aromatic rings. The van der Waals surface area contributed by atoms with Gasteiger partial charge in [0.2, 0.25) is 0 Å². The molecule has 0 aromatic heterocycles. The van der Waals surface area contributed by atoms with Crippen LogP contribution >= 0.6 is 27.5 Å². The van der Waals surface area contributed by atoms with Crippen molar-refractivity contribution in [3.05, 3.63) is 33.3 Å². The molecule has 0 unspecified atom stereocenters. The second-order valence-electron chi connectivity index (χ2n) is 2.50. The molecule has 0 bridgehead atoms. The highest BCUT2D eigenvalue weighted by Gasteiger charge is 2.15. The van der Waals surface area contributed by atoms with Crippen LogP contribution in [0.25, 0.3) is 0 Å². The van der Waals surface area contributed by atoms with Crippen molar-refractivity contribution in [1.82, 2.24) is 0 Å². The third-order valence-corrected chi connectivity index (χ3v) is 2.74. The third kappa shape index (κ3) is 1.89. The molecule has 0 aliphatic heterocycles. The molecule has 0 fully saturated rings. The quantitative estimate of drug-likeness (QED) is 0.844. The number of carbonyl (C=O) groups is 1. The first kappa shape index (κ1) is 11.0. The van der Waals surface area contributed by atoms with Crippen molar-refractivity contribution < 1.29 is 9.90 Å². The van der Waals surface area contributed by atoms with Crippen LogP contribution in [-0.4, -0.2) is 11.1 Å². The molecule has 1 aromatic carbocycles. The Labute approximate surface area is 94.0 Å². The monoisotopic (exact) mass is 273 g/mol. The summed E-state index contributed by atoms with van der Waals surface area (Å²) in [6.07, 6.45) is 0. The van der Waals surface area contributed by atoms with Crippen LogP contribution in [0.4, 0.5) is 0 Å². The summed E-state index contributed by atoms with van der Waals surface area (Å²) in [5, 5.41) is 17.6.